The second-order valence-electron chi connectivity index (χ2n) is 3.44. The van der Waals surface area contributed by atoms with Gasteiger partial charge in [0.05, 0.1) is 11.1 Å². The highest BCUT2D eigenvalue weighted by molar-refractivity contribution is 7.10. The highest BCUT2D eigenvalue weighted by Gasteiger charge is 2.17. The molecule has 0 spiro atoms. The molecule has 1 aromatic heterocycles. The number of hydrogen-bond acceptors (Lipinski definition) is 3. The number of benzene rings is 1. The lowest BCUT2D eigenvalue weighted by Gasteiger charge is -2.16. The summed E-state index contributed by atoms with van der Waals surface area (Å²) in [7, 11) is 0. The van der Waals surface area contributed by atoms with Gasteiger partial charge in [0.15, 0.2) is 0 Å². The van der Waals surface area contributed by atoms with Crippen molar-refractivity contribution in [1.82, 2.24) is 5.43 Å². The fourth-order valence-electron chi connectivity index (χ4n) is 1.58. The van der Waals surface area contributed by atoms with E-state index in [0.717, 1.165) is 10.4 Å². The predicted octanol–water partition coefficient (Wildman–Crippen LogP) is 4.26. The Morgan fingerprint density at radius 2 is 1.76 bits per heavy atom. The highest BCUT2D eigenvalue weighted by atomic mass is 35.5. The van der Waals surface area contributed by atoms with Gasteiger partial charge in [0.25, 0.3) is 0 Å². The lowest BCUT2D eigenvalue weighted by Crippen LogP contribution is -2.28. The van der Waals surface area contributed by atoms with Crippen LogP contribution in [0.25, 0.3) is 0 Å². The van der Waals surface area contributed by atoms with Gasteiger partial charge >= 0.3 is 0 Å². The minimum Gasteiger partial charge on any atom is -0.271 e. The Hall–Kier alpha value is -0.290. The molecule has 0 aliphatic carbocycles. The molecule has 90 valence electrons. The zero-order valence-corrected chi connectivity index (χ0v) is 11.7. The van der Waals surface area contributed by atoms with Gasteiger partial charge in [0, 0.05) is 14.9 Å². The molecule has 2 nitrogen and oxygen atoms in total. The number of hydrazine groups is 1. The van der Waals surface area contributed by atoms with Crippen molar-refractivity contribution < 1.29 is 0 Å². The minimum atomic E-state index is -0.210. The zero-order valence-electron chi connectivity index (χ0n) is 8.58. The topological polar surface area (TPSA) is 38.0 Å². The number of hydrogen-bond donors (Lipinski definition) is 2. The van der Waals surface area contributed by atoms with E-state index in [4.69, 9.17) is 40.6 Å². The van der Waals surface area contributed by atoms with Gasteiger partial charge in [-0.1, -0.05) is 34.8 Å². The molecule has 2 rings (SSSR count). The van der Waals surface area contributed by atoms with Crippen LogP contribution in [0.2, 0.25) is 15.1 Å². The SMILES string of the molecule is NNC(c1cc(Cl)cc(Cl)c1)c1sccc1Cl. The molecule has 3 N–H and O–H groups in total. The molecule has 1 atom stereocenters. The number of thiophene rings is 1. The molecule has 0 saturated heterocycles. The Labute approximate surface area is 118 Å². The van der Waals surface area contributed by atoms with E-state index in [1.54, 1.807) is 6.07 Å². The maximum absolute atomic E-state index is 6.09. The van der Waals surface area contributed by atoms with Crippen molar-refractivity contribution in [3.8, 4) is 0 Å². The number of nitrogens with one attached hydrogen (secondary N) is 1. The molecule has 2 aromatic rings. The molecule has 0 bridgehead atoms. The second-order valence-corrected chi connectivity index (χ2v) is 5.66. The summed E-state index contributed by atoms with van der Waals surface area (Å²) in [5.41, 5.74) is 3.61. The van der Waals surface area contributed by atoms with Gasteiger partial charge in [-0.3, -0.25) is 5.84 Å². The average molecular weight is 308 g/mol. The maximum atomic E-state index is 6.09. The van der Waals surface area contributed by atoms with Crippen LogP contribution in [0.1, 0.15) is 16.5 Å². The molecule has 6 heteroatoms. The van der Waals surface area contributed by atoms with E-state index in [0.29, 0.717) is 15.1 Å². The lowest BCUT2D eigenvalue weighted by atomic mass is 10.1. The highest BCUT2D eigenvalue weighted by Crippen LogP contribution is 2.34. The van der Waals surface area contributed by atoms with Gasteiger partial charge in [-0.05, 0) is 35.2 Å². The summed E-state index contributed by atoms with van der Waals surface area (Å²) < 4.78 is 0. The van der Waals surface area contributed by atoms with Gasteiger partial charge in [-0.25, -0.2) is 5.43 Å². The van der Waals surface area contributed by atoms with Gasteiger partial charge in [0.2, 0.25) is 0 Å². The van der Waals surface area contributed by atoms with Crippen LogP contribution >= 0.6 is 46.1 Å². The fourth-order valence-corrected chi connectivity index (χ4v) is 3.37. The third kappa shape index (κ3) is 2.94. The summed E-state index contributed by atoms with van der Waals surface area (Å²) in [4.78, 5) is 0.938. The Kier molecular flexibility index (Phi) is 4.31. The maximum Gasteiger partial charge on any atom is 0.0818 e. The summed E-state index contributed by atoms with van der Waals surface area (Å²) in [6.45, 7) is 0. The zero-order chi connectivity index (χ0) is 12.4. The molecule has 0 aliphatic heterocycles. The van der Waals surface area contributed by atoms with E-state index in [1.165, 1.54) is 11.3 Å². The molecular weight excluding hydrogens is 299 g/mol. The quantitative estimate of drug-likeness (QED) is 0.657. The fraction of sp³-hybridized carbons (Fsp3) is 0.0909. The van der Waals surface area contributed by atoms with Crippen molar-refractivity contribution in [1.29, 1.82) is 0 Å². The van der Waals surface area contributed by atoms with Gasteiger partial charge < -0.3 is 0 Å². The predicted molar refractivity (Wildman–Crippen MR) is 75.0 cm³/mol. The molecule has 17 heavy (non-hydrogen) atoms. The van der Waals surface area contributed by atoms with Crippen LogP contribution < -0.4 is 11.3 Å². The van der Waals surface area contributed by atoms with Gasteiger partial charge in [0.1, 0.15) is 0 Å². The van der Waals surface area contributed by atoms with Crippen LogP contribution in [0.5, 0.6) is 0 Å². The Balaban J connectivity index is 2.45. The molecule has 0 aliphatic rings. The average Bonchev–Trinajstić information content (AvgIpc) is 2.65. The van der Waals surface area contributed by atoms with Crippen LogP contribution in [0, 0.1) is 0 Å². The Morgan fingerprint density at radius 3 is 2.24 bits per heavy atom. The minimum absolute atomic E-state index is 0.210. The van der Waals surface area contributed by atoms with Crippen molar-refractivity contribution in [2.75, 3.05) is 0 Å². The summed E-state index contributed by atoms with van der Waals surface area (Å²) in [6, 6.07) is 6.93. The van der Waals surface area contributed by atoms with Crippen molar-refractivity contribution in [3.05, 3.63) is 55.2 Å². The van der Waals surface area contributed by atoms with Crippen molar-refractivity contribution >= 4 is 46.1 Å². The third-order valence-corrected chi connectivity index (χ3v) is 4.15. The van der Waals surface area contributed by atoms with Crippen LogP contribution in [0.4, 0.5) is 0 Å². The summed E-state index contributed by atoms with van der Waals surface area (Å²) in [5, 5.41) is 3.73. The van der Waals surface area contributed by atoms with Crippen molar-refractivity contribution in [2.24, 2.45) is 5.84 Å². The van der Waals surface area contributed by atoms with E-state index >= 15 is 0 Å². The number of rotatable bonds is 3. The van der Waals surface area contributed by atoms with E-state index in [-0.39, 0.29) is 6.04 Å². The number of nitrogens with two attached hydrogens (primary N) is 1. The number of halogens is 3. The van der Waals surface area contributed by atoms with Crippen LogP contribution in [-0.2, 0) is 0 Å². The summed E-state index contributed by atoms with van der Waals surface area (Å²) in [6.07, 6.45) is 0. The second kappa shape index (κ2) is 5.57. The molecular formula is C11H9Cl3N2S. The van der Waals surface area contributed by atoms with E-state index in [9.17, 15) is 0 Å². The van der Waals surface area contributed by atoms with Crippen LogP contribution in [-0.4, -0.2) is 0 Å². The molecule has 0 amide bonds. The van der Waals surface area contributed by atoms with Gasteiger partial charge in [-0.2, -0.15) is 0 Å². The van der Waals surface area contributed by atoms with Crippen molar-refractivity contribution in [3.63, 3.8) is 0 Å². The van der Waals surface area contributed by atoms with E-state index in [1.807, 2.05) is 23.6 Å². The summed E-state index contributed by atoms with van der Waals surface area (Å²) in [5.74, 6) is 5.58. The monoisotopic (exact) mass is 306 g/mol. The first kappa shape index (κ1) is 13.1. The van der Waals surface area contributed by atoms with E-state index < -0.39 is 0 Å². The first-order valence-electron chi connectivity index (χ1n) is 4.77. The summed E-state index contributed by atoms with van der Waals surface area (Å²) >= 11 is 19.6. The Morgan fingerprint density at radius 1 is 1.12 bits per heavy atom. The molecule has 0 radical (unpaired) electrons. The lowest BCUT2D eigenvalue weighted by molar-refractivity contribution is 0.647. The van der Waals surface area contributed by atoms with Gasteiger partial charge in [-0.15, -0.1) is 11.3 Å². The first-order chi connectivity index (χ1) is 8.11. The molecule has 1 aromatic carbocycles. The van der Waals surface area contributed by atoms with Crippen LogP contribution in [0.15, 0.2) is 29.6 Å². The smallest absolute Gasteiger partial charge is 0.0818 e. The van der Waals surface area contributed by atoms with E-state index in [2.05, 4.69) is 5.43 Å². The van der Waals surface area contributed by atoms with Crippen LogP contribution in [0.3, 0.4) is 0 Å². The largest absolute Gasteiger partial charge is 0.271 e. The molecule has 0 fully saturated rings. The molecule has 0 saturated carbocycles. The van der Waals surface area contributed by atoms with Crippen molar-refractivity contribution in [2.45, 2.75) is 6.04 Å². The standard InChI is InChI=1S/C11H9Cl3N2S/c12-7-3-6(4-8(13)5-7)10(16-15)11-9(14)1-2-17-11/h1-5,10,16H,15H2. The molecule has 1 unspecified atom stereocenters. The first-order valence-corrected chi connectivity index (χ1v) is 6.78. The molecule has 1 heterocycles. The third-order valence-electron chi connectivity index (χ3n) is 2.29. The Bertz CT molecular complexity index is 507. The normalized spacial score (nSPS) is 12.7.